The van der Waals surface area contributed by atoms with Crippen molar-refractivity contribution in [3.63, 3.8) is 0 Å². The van der Waals surface area contributed by atoms with Crippen LogP contribution in [0.1, 0.15) is 31.4 Å². The first kappa shape index (κ1) is 33.4. The number of para-hydroxylation sites is 1. The van der Waals surface area contributed by atoms with Crippen LogP contribution in [0.4, 0.5) is 0 Å². The van der Waals surface area contributed by atoms with Crippen molar-refractivity contribution < 1.29 is 39.1 Å². The third-order valence-corrected chi connectivity index (χ3v) is 7.65. The van der Waals surface area contributed by atoms with Gasteiger partial charge in [-0.25, -0.2) is 0 Å². The number of carbonyl (C=O) groups is 2. The minimum atomic E-state index is -1.20. The Hall–Kier alpha value is -3.13. The molecule has 0 radical (unpaired) electrons. The number of methoxy groups -OCH3 is 2. The Morgan fingerprint density at radius 2 is 1.83 bits per heavy atom. The van der Waals surface area contributed by atoms with Crippen LogP contribution in [0, 0.1) is 3.57 Å². The maximum Gasteiger partial charge on any atom is 0.247 e. The zero-order chi connectivity index (χ0) is 30.8. The highest BCUT2D eigenvalue weighted by Gasteiger charge is 2.40. The van der Waals surface area contributed by atoms with Crippen molar-refractivity contribution in [3.05, 3.63) is 74.4 Å². The van der Waals surface area contributed by atoms with E-state index >= 15 is 0 Å². The Labute approximate surface area is 260 Å². The monoisotopic (exact) mass is 694 g/mol. The summed E-state index contributed by atoms with van der Waals surface area (Å²) in [6.45, 7) is 3.51. The second-order valence-electron chi connectivity index (χ2n) is 10.1. The summed E-state index contributed by atoms with van der Waals surface area (Å²) in [6, 6.07) is 10.1. The van der Waals surface area contributed by atoms with Crippen molar-refractivity contribution >= 4 is 34.4 Å². The molecule has 228 valence electrons. The van der Waals surface area contributed by atoms with Crippen molar-refractivity contribution in [3.8, 4) is 17.2 Å². The first-order chi connectivity index (χ1) is 20.1. The molecule has 3 unspecified atom stereocenters. The normalized spacial score (nSPS) is 18.0. The van der Waals surface area contributed by atoms with E-state index in [0.717, 1.165) is 11.1 Å². The Kier molecular flexibility index (Phi) is 12.6. The van der Waals surface area contributed by atoms with Crippen LogP contribution in [0.2, 0.25) is 0 Å². The van der Waals surface area contributed by atoms with Gasteiger partial charge in [-0.2, -0.15) is 0 Å². The Bertz CT molecular complexity index is 1310. The molecule has 3 rings (SSSR count). The van der Waals surface area contributed by atoms with E-state index in [9.17, 15) is 24.9 Å². The quantitative estimate of drug-likeness (QED) is 0.186. The molecule has 2 aromatic rings. The third kappa shape index (κ3) is 8.46. The zero-order valence-electron chi connectivity index (χ0n) is 24.3. The molecule has 11 heteroatoms. The van der Waals surface area contributed by atoms with Crippen molar-refractivity contribution in [2.75, 3.05) is 33.9 Å². The summed E-state index contributed by atoms with van der Waals surface area (Å²) in [5, 5.41) is 33.2. The van der Waals surface area contributed by atoms with Crippen LogP contribution in [-0.4, -0.2) is 84.2 Å². The van der Waals surface area contributed by atoms with Gasteiger partial charge in [0.2, 0.25) is 11.8 Å². The molecule has 0 saturated carbocycles. The van der Waals surface area contributed by atoms with Crippen LogP contribution in [-0.2, 0) is 22.6 Å². The largest absolute Gasteiger partial charge is 0.496 e. The molecule has 2 aromatic carbocycles. The number of halogens is 1. The first-order valence-electron chi connectivity index (χ1n) is 13.6. The lowest BCUT2D eigenvalue weighted by atomic mass is 9.87. The van der Waals surface area contributed by atoms with Gasteiger partial charge in [0, 0.05) is 31.2 Å². The van der Waals surface area contributed by atoms with Gasteiger partial charge in [-0.05, 0) is 78.3 Å². The highest BCUT2D eigenvalue weighted by atomic mass is 127. The fourth-order valence-electron chi connectivity index (χ4n) is 4.81. The first-order valence-corrected chi connectivity index (χ1v) is 14.7. The molecule has 0 heterocycles. The summed E-state index contributed by atoms with van der Waals surface area (Å²) in [6.07, 6.45) is 1.36. The van der Waals surface area contributed by atoms with E-state index in [1.807, 2.05) is 38.1 Å². The van der Waals surface area contributed by atoms with Gasteiger partial charge in [0.25, 0.3) is 0 Å². The molecule has 3 atom stereocenters. The summed E-state index contributed by atoms with van der Waals surface area (Å²) < 4.78 is 17.9. The summed E-state index contributed by atoms with van der Waals surface area (Å²) in [7, 11) is 3.06. The van der Waals surface area contributed by atoms with Crippen molar-refractivity contribution in [1.82, 2.24) is 10.2 Å². The summed E-state index contributed by atoms with van der Waals surface area (Å²) in [5.41, 5.74) is 2.63. The van der Waals surface area contributed by atoms with Crippen LogP contribution in [0.3, 0.4) is 0 Å². The minimum absolute atomic E-state index is 0.0531. The number of benzene rings is 2. The predicted molar refractivity (Wildman–Crippen MR) is 166 cm³/mol. The molecule has 1 aliphatic rings. The molecule has 0 bridgehead atoms. The van der Waals surface area contributed by atoms with Crippen LogP contribution in [0.5, 0.6) is 17.2 Å². The van der Waals surface area contributed by atoms with E-state index < -0.39 is 24.2 Å². The number of aliphatic hydroxyl groups is 3. The van der Waals surface area contributed by atoms with Crippen molar-refractivity contribution in [2.45, 2.75) is 51.5 Å². The number of allylic oxidation sites excluding steroid dienone is 1. The number of nitrogens with one attached hydrogen (secondary N) is 1. The molecule has 0 saturated heterocycles. The van der Waals surface area contributed by atoms with Crippen LogP contribution >= 0.6 is 22.6 Å². The van der Waals surface area contributed by atoms with Gasteiger partial charge in [0.1, 0.15) is 18.0 Å². The zero-order valence-corrected chi connectivity index (χ0v) is 26.5. The van der Waals surface area contributed by atoms with E-state index in [1.165, 1.54) is 13.2 Å². The lowest BCUT2D eigenvalue weighted by Gasteiger charge is -2.40. The molecule has 0 spiro atoms. The Balaban J connectivity index is 2.03. The van der Waals surface area contributed by atoms with Gasteiger partial charge in [-0.1, -0.05) is 23.8 Å². The van der Waals surface area contributed by atoms with Crippen molar-refractivity contribution in [2.24, 2.45) is 0 Å². The average Bonchev–Trinajstić information content (AvgIpc) is 2.97. The number of amides is 2. The van der Waals surface area contributed by atoms with Crippen LogP contribution in [0.25, 0.3) is 0 Å². The fourth-order valence-corrected chi connectivity index (χ4v) is 5.61. The number of hydrogen-bond acceptors (Lipinski definition) is 8. The molecular weight excluding hydrogens is 655 g/mol. The Morgan fingerprint density at radius 3 is 2.48 bits per heavy atom. The van der Waals surface area contributed by atoms with Gasteiger partial charge in [-0.15, -0.1) is 0 Å². The summed E-state index contributed by atoms with van der Waals surface area (Å²) >= 11 is 2.06. The maximum absolute atomic E-state index is 13.6. The van der Waals surface area contributed by atoms with Gasteiger partial charge in [0.05, 0.1) is 37.0 Å². The lowest BCUT2D eigenvalue weighted by molar-refractivity contribution is -0.133. The topological polar surface area (TPSA) is 138 Å². The fraction of sp³-hybridized carbons (Fsp3) is 0.419. The average molecular weight is 695 g/mol. The van der Waals surface area contributed by atoms with Crippen LogP contribution in [0.15, 0.2) is 59.7 Å². The molecular formula is C31H39IN2O8. The van der Waals surface area contributed by atoms with E-state index in [4.69, 9.17) is 14.2 Å². The second-order valence-corrected chi connectivity index (χ2v) is 11.3. The summed E-state index contributed by atoms with van der Waals surface area (Å²) in [5.74, 6) is 0.654. The Morgan fingerprint density at radius 1 is 1.12 bits per heavy atom. The number of hydrogen-bond donors (Lipinski definition) is 4. The van der Waals surface area contributed by atoms with Crippen LogP contribution < -0.4 is 19.5 Å². The van der Waals surface area contributed by atoms with Gasteiger partial charge in [0.15, 0.2) is 11.5 Å². The predicted octanol–water partition coefficient (Wildman–Crippen LogP) is 2.75. The smallest absolute Gasteiger partial charge is 0.247 e. The van der Waals surface area contributed by atoms with Crippen molar-refractivity contribution in [1.29, 1.82) is 0 Å². The number of nitrogens with zero attached hydrogens (tertiary/aromatic N) is 1. The minimum Gasteiger partial charge on any atom is -0.496 e. The number of carbonyl (C=O) groups excluding carboxylic acids is 2. The highest BCUT2D eigenvalue weighted by molar-refractivity contribution is 14.1. The van der Waals surface area contributed by atoms with E-state index in [2.05, 4.69) is 27.9 Å². The highest BCUT2D eigenvalue weighted by Crippen LogP contribution is 2.37. The van der Waals surface area contributed by atoms with E-state index in [-0.39, 0.29) is 38.6 Å². The van der Waals surface area contributed by atoms with Gasteiger partial charge < -0.3 is 39.7 Å². The van der Waals surface area contributed by atoms with Gasteiger partial charge in [-0.3, -0.25) is 9.59 Å². The molecule has 0 fully saturated rings. The van der Waals surface area contributed by atoms with E-state index in [0.29, 0.717) is 38.4 Å². The molecule has 42 heavy (non-hydrogen) atoms. The van der Waals surface area contributed by atoms with Gasteiger partial charge >= 0.3 is 0 Å². The summed E-state index contributed by atoms with van der Waals surface area (Å²) in [4.78, 5) is 28.3. The standard InChI is InChI=1S/C31H39IN2O8/c1-19(2)13-28(37)34(11-9-21-7-5-6-8-25(21)40-3)24-16-22(31(39)33-10-12-35)17-26(29(24)38)42-30-23(32)14-20(18-36)15-27(30)41-4/h5-8,13-15,17,24,26,29,35-36,38H,9-12,16,18H2,1-4H3,(H,33,39). The lowest BCUT2D eigenvalue weighted by Crippen LogP contribution is -2.55. The second kappa shape index (κ2) is 15.9. The number of rotatable bonds is 13. The number of ether oxygens (including phenoxy) is 3. The molecule has 1 aliphatic carbocycles. The molecule has 0 aliphatic heterocycles. The SMILES string of the molecule is COc1ccccc1CCN(C(=O)C=C(C)C)C1CC(C(=O)NCCO)=CC(Oc2c(I)cc(CO)cc2OC)C1O. The van der Waals surface area contributed by atoms with E-state index in [1.54, 1.807) is 30.2 Å². The molecule has 2 amide bonds. The molecule has 4 N–H and O–H groups in total. The maximum atomic E-state index is 13.6. The number of aliphatic hydroxyl groups excluding tert-OH is 3. The third-order valence-electron chi connectivity index (χ3n) is 6.85. The molecule has 10 nitrogen and oxygen atoms in total. The molecule has 0 aromatic heterocycles.